The highest BCUT2D eigenvalue weighted by Gasteiger charge is 2.15. The highest BCUT2D eigenvalue weighted by atomic mass is 35.5. The topological polar surface area (TPSA) is 78.5 Å². The first-order valence-corrected chi connectivity index (χ1v) is 6.27. The van der Waals surface area contributed by atoms with E-state index in [1.165, 1.54) is 7.05 Å². The van der Waals surface area contributed by atoms with Crippen molar-refractivity contribution in [2.24, 2.45) is 5.92 Å². The molecule has 0 rings (SSSR count). The van der Waals surface area contributed by atoms with Crippen molar-refractivity contribution in [2.45, 2.75) is 20.3 Å². The summed E-state index contributed by atoms with van der Waals surface area (Å²) in [7, 11) is 1.44. The van der Waals surface area contributed by atoms with Gasteiger partial charge in [0.05, 0.1) is 0 Å². The van der Waals surface area contributed by atoms with Gasteiger partial charge >= 0.3 is 6.03 Å². The molecule has 2 N–H and O–H groups in total. The van der Waals surface area contributed by atoms with Gasteiger partial charge in [-0.15, -0.1) is 11.6 Å². The van der Waals surface area contributed by atoms with Gasteiger partial charge in [-0.3, -0.25) is 14.9 Å². The second-order valence-corrected chi connectivity index (χ2v) is 4.72. The van der Waals surface area contributed by atoms with E-state index in [4.69, 9.17) is 11.6 Å². The van der Waals surface area contributed by atoms with Crippen LogP contribution in [0.2, 0.25) is 0 Å². The maximum absolute atomic E-state index is 11.5. The van der Waals surface area contributed by atoms with Gasteiger partial charge in [-0.25, -0.2) is 4.79 Å². The van der Waals surface area contributed by atoms with Crippen molar-refractivity contribution < 1.29 is 14.4 Å². The van der Waals surface area contributed by atoms with Crippen molar-refractivity contribution in [2.75, 3.05) is 26.0 Å². The van der Waals surface area contributed by atoms with Crippen molar-refractivity contribution >= 4 is 29.4 Å². The summed E-state index contributed by atoms with van der Waals surface area (Å²) < 4.78 is 0. The fourth-order valence-corrected chi connectivity index (χ4v) is 1.20. The van der Waals surface area contributed by atoms with Crippen molar-refractivity contribution in [3.63, 3.8) is 0 Å². The van der Waals surface area contributed by atoms with Gasteiger partial charge in [-0.2, -0.15) is 0 Å². The van der Waals surface area contributed by atoms with E-state index < -0.39 is 11.9 Å². The van der Waals surface area contributed by atoms with Gasteiger partial charge in [0.2, 0.25) is 11.8 Å². The fraction of sp³-hybridized carbons (Fsp3) is 0.727. The fourth-order valence-electron chi connectivity index (χ4n) is 1.02. The molecule has 0 bridgehead atoms. The maximum atomic E-state index is 11.5. The number of hydrogen-bond acceptors (Lipinski definition) is 3. The zero-order chi connectivity index (χ0) is 14.1. The Labute approximate surface area is 112 Å². The monoisotopic (exact) mass is 277 g/mol. The van der Waals surface area contributed by atoms with E-state index in [1.54, 1.807) is 0 Å². The summed E-state index contributed by atoms with van der Waals surface area (Å²) in [5, 5.41) is 4.81. The summed E-state index contributed by atoms with van der Waals surface area (Å²) in [4.78, 5) is 35.2. The molecule has 0 unspecified atom stereocenters. The molecule has 104 valence electrons. The third-order valence-electron chi connectivity index (χ3n) is 2.00. The molecule has 6 nitrogen and oxygen atoms in total. The quantitative estimate of drug-likeness (QED) is 0.696. The molecule has 0 radical (unpaired) electrons. The summed E-state index contributed by atoms with van der Waals surface area (Å²) in [6.45, 7) is 4.41. The van der Waals surface area contributed by atoms with Gasteiger partial charge < -0.3 is 10.2 Å². The lowest BCUT2D eigenvalue weighted by molar-refractivity contribution is -0.122. The molecule has 0 aromatic heterocycles. The van der Waals surface area contributed by atoms with E-state index >= 15 is 0 Å². The Morgan fingerprint density at radius 1 is 1.22 bits per heavy atom. The predicted octanol–water partition coefficient (Wildman–Crippen LogP) is 0.555. The molecular weight excluding hydrogens is 258 g/mol. The second-order valence-electron chi connectivity index (χ2n) is 4.35. The molecular formula is C11H20ClN3O3. The van der Waals surface area contributed by atoms with Crippen LogP contribution in [-0.4, -0.2) is 48.8 Å². The molecule has 4 amide bonds. The molecule has 0 aliphatic heterocycles. The van der Waals surface area contributed by atoms with Gasteiger partial charge in [-0.05, 0) is 5.92 Å². The smallest absolute Gasteiger partial charge is 0.324 e. The molecule has 0 atom stereocenters. The highest BCUT2D eigenvalue weighted by Crippen LogP contribution is 1.90. The largest absolute Gasteiger partial charge is 0.354 e. The van der Waals surface area contributed by atoms with E-state index in [0.29, 0.717) is 12.5 Å². The molecule has 0 fully saturated rings. The van der Waals surface area contributed by atoms with E-state index in [2.05, 4.69) is 10.6 Å². The SMILES string of the molecule is CC(C)CNC(=O)CN(C)C(=O)NC(=O)CCCl. The van der Waals surface area contributed by atoms with E-state index in [9.17, 15) is 14.4 Å². The average molecular weight is 278 g/mol. The van der Waals surface area contributed by atoms with Crippen molar-refractivity contribution in [1.29, 1.82) is 0 Å². The van der Waals surface area contributed by atoms with Gasteiger partial charge in [0.1, 0.15) is 6.54 Å². The van der Waals surface area contributed by atoms with E-state index in [-0.39, 0.29) is 24.8 Å². The number of nitrogens with one attached hydrogen (secondary N) is 2. The molecule has 0 aromatic carbocycles. The molecule has 0 aromatic rings. The Bertz CT molecular complexity index is 308. The first-order valence-electron chi connectivity index (χ1n) is 5.74. The third-order valence-corrected chi connectivity index (χ3v) is 2.19. The number of halogens is 1. The minimum Gasteiger partial charge on any atom is -0.354 e. The summed E-state index contributed by atoms with van der Waals surface area (Å²) in [5.41, 5.74) is 0. The van der Waals surface area contributed by atoms with Crippen LogP contribution in [0.25, 0.3) is 0 Å². The zero-order valence-electron chi connectivity index (χ0n) is 11.0. The molecule has 0 spiro atoms. The normalized spacial score (nSPS) is 10.1. The standard InChI is InChI=1S/C11H20ClN3O3/c1-8(2)6-13-10(17)7-15(3)11(18)14-9(16)4-5-12/h8H,4-7H2,1-3H3,(H,13,17)(H,14,16,18). The minimum absolute atomic E-state index is 0.0701. The van der Waals surface area contributed by atoms with Crippen molar-refractivity contribution in [3.8, 4) is 0 Å². The summed E-state index contributed by atoms with van der Waals surface area (Å²) in [6, 6.07) is -0.607. The number of carbonyl (C=O) groups is 3. The Hall–Kier alpha value is -1.30. The molecule has 18 heavy (non-hydrogen) atoms. The number of alkyl halides is 1. The zero-order valence-corrected chi connectivity index (χ0v) is 11.7. The molecule has 0 saturated carbocycles. The maximum Gasteiger partial charge on any atom is 0.324 e. The van der Waals surface area contributed by atoms with Crippen LogP contribution in [0.5, 0.6) is 0 Å². The van der Waals surface area contributed by atoms with Crippen molar-refractivity contribution in [3.05, 3.63) is 0 Å². The number of carbonyl (C=O) groups excluding carboxylic acids is 3. The highest BCUT2D eigenvalue weighted by molar-refractivity contribution is 6.19. The first-order chi connectivity index (χ1) is 8.36. The van der Waals surface area contributed by atoms with Crippen LogP contribution >= 0.6 is 11.6 Å². The Balaban J connectivity index is 4.00. The van der Waals surface area contributed by atoms with E-state index in [0.717, 1.165) is 4.90 Å². The number of amides is 4. The number of imide groups is 1. The molecule has 7 heteroatoms. The van der Waals surface area contributed by atoms with Crippen LogP contribution in [0.15, 0.2) is 0 Å². The summed E-state index contributed by atoms with van der Waals surface area (Å²) >= 11 is 5.36. The molecule has 0 heterocycles. The van der Waals surface area contributed by atoms with Gasteiger partial charge in [-0.1, -0.05) is 13.8 Å². The number of nitrogens with zero attached hydrogens (tertiary/aromatic N) is 1. The Morgan fingerprint density at radius 3 is 2.33 bits per heavy atom. The van der Waals surface area contributed by atoms with Crippen LogP contribution in [0.4, 0.5) is 4.79 Å². The average Bonchev–Trinajstić information content (AvgIpc) is 2.26. The number of hydrogen-bond donors (Lipinski definition) is 2. The predicted molar refractivity (Wildman–Crippen MR) is 69.4 cm³/mol. The lowest BCUT2D eigenvalue weighted by Gasteiger charge is -2.17. The number of likely N-dealkylation sites (N-methyl/N-ethyl adjacent to an activating group) is 1. The lowest BCUT2D eigenvalue weighted by atomic mass is 10.2. The summed E-state index contributed by atoms with van der Waals surface area (Å²) in [6.07, 6.45) is 0.0701. The molecule has 0 aliphatic carbocycles. The van der Waals surface area contributed by atoms with Crippen LogP contribution in [0.3, 0.4) is 0 Å². The third kappa shape index (κ3) is 7.89. The number of urea groups is 1. The van der Waals surface area contributed by atoms with Crippen LogP contribution in [0.1, 0.15) is 20.3 Å². The minimum atomic E-state index is -0.607. The summed E-state index contributed by atoms with van der Waals surface area (Å²) in [5.74, 6) is -0.216. The van der Waals surface area contributed by atoms with Crippen molar-refractivity contribution in [1.82, 2.24) is 15.5 Å². The lowest BCUT2D eigenvalue weighted by Crippen LogP contribution is -2.45. The molecule has 0 saturated heterocycles. The van der Waals surface area contributed by atoms with Crippen LogP contribution < -0.4 is 10.6 Å². The van der Waals surface area contributed by atoms with Crippen LogP contribution in [-0.2, 0) is 9.59 Å². The van der Waals surface area contributed by atoms with Gasteiger partial charge in [0, 0.05) is 25.9 Å². The van der Waals surface area contributed by atoms with Gasteiger partial charge in [0.25, 0.3) is 0 Å². The second kappa shape index (κ2) is 8.74. The Morgan fingerprint density at radius 2 is 1.83 bits per heavy atom. The van der Waals surface area contributed by atoms with Crippen LogP contribution in [0, 0.1) is 5.92 Å². The molecule has 0 aliphatic rings. The first kappa shape index (κ1) is 16.7. The number of rotatable bonds is 6. The van der Waals surface area contributed by atoms with E-state index in [1.807, 2.05) is 13.8 Å². The van der Waals surface area contributed by atoms with Gasteiger partial charge in [0.15, 0.2) is 0 Å². The Kier molecular flexibility index (Phi) is 8.11.